The number of hydrogen-bond donors (Lipinski definition) is 1. The Kier molecular flexibility index (Phi) is 7.73. The zero-order valence-electron chi connectivity index (χ0n) is 21.9. The van der Waals surface area contributed by atoms with Crippen molar-refractivity contribution in [3.63, 3.8) is 0 Å². The molecule has 0 saturated heterocycles. The van der Waals surface area contributed by atoms with Crippen molar-refractivity contribution in [1.82, 2.24) is 0 Å². The molecule has 0 aromatic rings. The second kappa shape index (κ2) is 9.45. The molecule has 4 fully saturated rings. The van der Waals surface area contributed by atoms with Gasteiger partial charge in [-0.3, -0.25) is 9.59 Å². The molecule has 33 heavy (non-hydrogen) atoms. The van der Waals surface area contributed by atoms with Crippen LogP contribution in [-0.4, -0.2) is 48.5 Å². The van der Waals surface area contributed by atoms with Crippen LogP contribution in [0, 0.1) is 46.3 Å². The van der Waals surface area contributed by atoms with E-state index in [0.717, 1.165) is 41.0 Å². The second-order valence-corrected chi connectivity index (χ2v) is 13.6. The van der Waals surface area contributed by atoms with Crippen LogP contribution < -0.4 is 12.4 Å². The molecule has 0 amide bonds. The number of carboxylic acid groups (broad SMARTS) is 1. The third kappa shape index (κ3) is 4.65. The fraction of sp³-hybridized carbons (Fsp3) is 0.929. The van der Waals surface area contributed by atoms with Crippen LogP contribution in [0.15, 0.2) is 0 Å². The van der Waals surface area contributed by atoms with Gasteiger partial charge in [-0.15, -0.1) is 0 Å². The van der Waals surface area contributed by atoms with Crippen LogP contribution in [-0.2, 0) is 9.59 Å². The molecule has 190 valence electrons. The van der Waals surface area contributed by atoms with Gasteiger partial charge in [-0.25, -0.2) is 0 Å². The van der Waals surface area contributed by atoms with E-state index in [1.807, 2.05) is 6.92 Å². The number of rotatable bonds is 6. The van der Waals surface area contributed by atoms with E-state index in [2.05, 4.69) is 35.0 Å². The van der Waals surface area contributed by atoms with Gasteiger partial charge in [0.05, 0.1) is 33.6 Å². The van der Waals surface area contributed by atoms with Crippen molar-refractivity contribution in [3.05, 3.63) is 0 Å². The Morgan fingerprint density at radius 1 is 0.939 bits per heavy atom. The number of halogens is 1. The first-order valence-electron chi connectivity index (χ1n) is 13.4. The van der Waals surface area contributed by atoms with Gasteiger partial charge in [-0.2, -0.15) is 0 Å². The number of aliphatic carboxylic acids is 1. The predicted octanol–water partition coefficient (Wildman–Crippen LogP) is 2.79. The number of nitrogens with zero attached hydrogens (tertiary/aromatic N) is 1. The van der Waals surface area contributed by atoms with E-state index in [-0.39, 0.29) is 17.8 Å². The Hall–Kier alpha value is -0.610. The van der Waals surface area contributed by atoms with Gasteiger partial charge in [-0.1, -0.05) is 13.8 Å². The highest BCUT2D eigenvalue weighted by atomic mass is 35.5. The van der Waals surface area contributed by atoms with E-state index in [1.54, 1.807) is 0 Å². The standard InChI is InChI=1S/C28H47NO3.ClH/c1-18(30)22-9-10-23-21-8-7-20-17-19(25(29(4,5)6)11-12-26(31)32)13-15-27(20,2)24(21)14-16-28(22,23)3;/h19-25H,7-17H2,1-6H3;1H/t19-,20-,21?,22?,23?,24?,25?,27+,28-;/m1./s1. The lowest BCUT2D eigenvalue weighted by molar-refractivity contribution is -0.901. The number of fused-ring (bicyclic) bond motifs is 5. The molecule has 5 unspecified atom stereocenters. The van der Waals surface area contributed by atoms with Gasteiger partial charge in [0, 0.05) is 18.3 Å². The number of carbonyl (C=O) groups is 2. The van der Waals surface area contributed by atoms with Gasteiger partial charge in [0.1, 0.15) is 5.78 Å². The summed E-state index contributed by atoms with van der Waals surface area (Å²) >= 11 is 0. The number of ketones is 1. The van der Waals surface area contributed by atoms with Crippen LogP contribution in [0.1, 0.15) is 91.4 Å². The molecule has 0 aromatic heterocycles. The smallest absolute Gasteiger partial charge is 0.303 e. The van der Waals surface area contributed by atoms with E-state index in [4.69, 9.17) is 0 Å². The average molecular weight is 482 g/mol. The fourth-order valence-electron chi connectivity index (χ4n) is 9.84. The van der Waals surface area contributed by atoms with Gasteiger partial charge >= 0.3 is 5.97 Å². The van der Waals surface area contributed by atoms with Gasteiger partial charge in [0.15, 0.2) is 0 Å². The Balaban J connectivity index is 0.00000306. The zero-order valence-corrected chi connectivity index (χ0v) is 22.7. The molecule has 9 atom stereocenters. The van der Waals surface area contributed by atoms with Crippen molar-refractivity contribution >= 4 is 11.8 Å². The highest BCUT2D eigenvalue weighted by Gasteiger charge is 2.61. The molecule has 4 aliphatic rings. The molecule has 4 saturated carbocycles. The highest BCUT2D eigenvalue weighted by molar-refractivity contribution is 5.79. The van der Waals surface area contributed by atoms with Crippen molar-refractivity contribution in [2.24, 2.45) is 46.3 Å². The molecule has 0 spiro atoms. The van der Waals surface area contributed by atoms with E-state index < -0.39 is 5.97 Å². The van der Waals surface area contributed by atoms with Crippen LogP contribution >= 0.6 is 0 Å². The average Bonchev–Trinajstić information content (AvgIpc) is 3.04. The summed E-state index contributed by atoms with van der Waals surface area (Å²) in [6.07, 6.45) is 12.6. The summed E-state index contributed by atoms with van der Waals surface area (Å²) in [5.74, 6) is 3.90. The monoisotopic (exact) mass is 481 g/mol. The minimum atomic E-state index is -0.657. The van der Waals surface area contributed by atoms with Crippen LogP contribution in [0.3, 0.4) is 0 Å². The highest BCUT2D eigenvalue weighted by Crippen LogP contribution is 2.68. The number of carbonyl (C=O) groups excluding carboxylic acids is 1. The molecule has 5 heteroatoms. The summed E-state index contributed by atoms with van der Waals surface area (Å²) < 4.78 is 0.875. The van der Waals surface area contributed by atoms with Gasteiger partial charge in [-0.05, 0) is 99.2 Å². The molecule has 1 N–H and O–H groups in total. The number of quaternary nitrogens is 1. The van der Waals surface area contributed by atoms with Crippen LogP contribution in [0.4, 0.5) is 0 Å². The largest absolute Gasteiger partial charge is 1.00 e. The Labute approximate surface area is 208 Å². The SMILES string of the molecule is CC(=O)C1CCC2C3CC[C@@H]4C[C@H](C(CCC(=O)O)[N+](C)(C)C)CC[C@]4(C)C3CC[C@]12C.[Cl-]. The molecule has 0 heterocycles. The summed E-state index contributed by atoms with van der Waals surface area (Å²) in [6.45, 7) is 6.90. The van der Waals surface area contributed by atoms with Gasteiger partial charge in [0.2, 0.25) is 0 Å². The summed E-state index contributed by atoms with van der Waals surface area (Å²) in [7, 11) is 6.76. The van der Waals surface area contributed by atoms with Crippen molar-refractivity contribution in [2.75, 3.05) is 21.1 Å². The normalized spacial score (nSPS) is 43.5. The van der Waals surface area contributed by atoms with Crippen molar-refractivity contribution in [2.45, 2.75) is 97.4 Å². The first-order valence-corrected chi connectivity index (χ1v) is 13.4. The number of Topliss-reactive ketones (excluding diaryl/α,β-unsaturated/α-hetero) is 1. The third-order valence-corrected chi connectivity index (χ3v) is 11.4. The maximum atomic E-state index is 12.4. The van der Waals surface area contributed by atoms with Crippen molar-refractivity contribution in [1.29, 1.82) is 0 Å². The summed E-state index contributed by atoms with van der Waals surface area (Å²) in [4.78, 5) is 23.7. The zero-order chi connectivity index (χ0) is 23.5. The summed E-state index contributed by atoms with van der Waals surface area (Å²) in [6, 6.07) is 0.439. The van der Waals surface area contributed by atoms with E-state index >= 15 is 0 Å². The number of carboxylic acids is 1. The van der Waals surface area contributed by atoms with Gasteiger partial charge in [0.25, 0.3) is 0 Å². The lowest BCUT2D eigenvalue weighted by Crippen LogP contribution is -3.00. The molecule has 0 radical (unpaired) electrons. The maximum absolute atomic E-state index is 12.4. The van der Waals surface area contributed by atoms with Gasteiger partial charge < -0.3 is 22.0 Å². The van der Waals surface area contributed by atoms with Crippen molar-refractivity contribution < 1.29 is 31.6 Å². The molecule has 4 rings (SSSR count). The molecular formula is C28H48ClNO3. The van der Waals surface area contributed by atoms with Crippen LogP contribution in [0.2, 0.25) is 0 Å². The third-order valence-electron chi connectivity index (χ3n) is 11.4. The molecule has 4 aliphatic carbocycles. The van der Waals surface area contributed by atoms with E-state index in [0.29, 0.717) is 35.5 Å². The van der Waals surface area contributed by atoms with Crippen LogP contribution in [0.25, 0.3) is 0 Å². The van der Waals surface area contributed by atoms with E-state index in [9.17, 15) is 14.7 Å². The fourth-order valence-corrected chi connectivity index (χ4v) is 9.84. The minimum absolute atomic E-state index is 0. The minimum Gasteiger partial charge on any atom is -1.00 e. The summed E-state index contributed by atoms with van der Waals surface area (Å²) in [5.41, 5.74) is 0.691. The second-order valence-electron chi connectivity index (χ2n) is 13.6. The topological polar surface area (TPSA) is 54.4 Å². The number of hydrogen-bond acceptors (Lipinski definition) is 2. The first kappa shape index (κ1) is 27.0. The Bertz CT molecular complexity index is 748. The molecule has 4 nitrogen and oxygen atoms in total. The Morgan fingerprint density at radius 3 is 2.18 bits per heavy atom. The summed E-state index contributed by atoms with van der Waals surface area (Å²) in [5, 5.41) is 9.30. The maximum Gasteiger partial charge on any atom is 0.303 e. The molecule has 0 aliphatic heterocycles. The molecular weight excluding hydrogens is 434 g/mol. The lowest BCUT2D eigenvalue weighted by Gasteiger charge is -2.61. The van der Waals surface area contributed by atoms with Crippen LogP contribution in [0.5, 0.6) is 0 Å². The quantitative estimate of drug-likeness (QED) is 0.593. The predicted molar refractivity (Wildman–Crippen MR) is 128 cm³/mol. The Morgan fingerprint density at radius 2 is 1.58 bits per heavy atom. The molecule has 0 bridgehead atoms. The molecule has 0 aromatic carbocycles. The first-order chi connectivity index (χ1) is 14.9. The van der Waals surface area contributed by atoms with E-state index in [1.165, 1.54) is 51.4 Å². The van der Waals surface area contributed by atoms with Crippen molar-refractivity contribution in [3.8, 4) is 0 Å². The lowest BCUT2D eigenvalue weighted by atomic mass is 9.44.